The van der Waals surface area contributed by atoms with Gasteiger partial charge in [-0.1, -0.05) is 97.8 Å². The van der Waals surface area contributed by atoms with Crippen LogP contribution in [0.3, 0.4) is 0 Å². The highest BCUT2D eigenvalue weighted by Crippen LogP contribution is 2.65. The Balaban J connectivity index is 6.23. The number of unbranched alkanes of at least 4 members (excludes halogenated alkanes) is 15. The fourth-order valence-electron chi connectivity index (χ4n) is 5.69. The molecule has 0 rings (SSSR count). The van der Waals surface area contributed by atoms with Gasteiger partial charge in [-0.3, -0.25) is 0 Å². The van der Waals surface area contributed by atoms with Gasteiger partial charge in [0, 0.05) is 7.26 Å². The van der Waals surface area contributed by atoms with E-state index in [1.54, 1.807) is 0 Å². The summed E-state index contributed by atoms with van der Waals surface area (Å²) >= 11 is 0. The van der Waals surface area contributed by atoms with Crippen LogP contribution in [0.5, 0.6) is 0 Å². The molecule has 0 aliphatic carbocycles. The van der Waals surface area contributed by atoms with Crippen molar-refractivity contribution in [1.29, 1.82) is 0 Å². The molecule has 0 aromatic carbocycles. The van der Waals surface area contributed by atoms with Crippen LogP contribution in [0, 0.1) is 0 Å². The van der Waals surface area contributed by atoms with Crippen molar-refractivity contribution in [2.75, 3.05) is 24.6 Å². The average Bonchev–Trinajstić information content (AvgIpc) is 2.96. The fraction of sp³-hybridized carbons (Fsp3) is 1.00. The molecule has 14 heteroatoms. The van der Waals surface area contributed by atoms with Crippen molar-refractivity contribution >= 4 is 7.26 Å². The Labute approximate surface area is 267 Å². The lowest BCUT2D eigenvalue weighted by Gasteiger charge is -2.40. The fourth-order valence-corrected chi connectivity index (χ4v) is 10.5. The first-order valence-electron chi connectivity index (χ1n) is 16.9. The predicted octanol–water partition coefficient (Wildman–Crippen LogP) is 14.2. The van der Waals surface area contributed by atoms with Crippen molar-refractivity contribution in [2.24, 2.45) is 0 Å². The zero-order valence-corrected chi connectivity index (χ0v) is 28.5. The Morgan fingerprint density at radius 3 is 0.913 bits per heavy atom. The zero-order chi connectivity index (χ0) is 35.8. The van der Waals surface area contributed by atoms with Crippen molar-refractivity contribution in [1.82, 2.24) is 0 Å². The van der Waals surface area contributed by atoms with Gasteiger partial charge >= 0.3 is 35.8 Å². The van der Waals surface area contributed by atoms with Gasteiger partial charge in [0.2, 0.25) is 0 Å². The van der Waals surface area contributed by atoms with Crippen LogP contribution in [0.15, 0.2) is 0 Å². The van der Waals surface area contributed by atoms with Gasteiger partial charge < -0.3 is 0 Å². The van der Waals surface area contributed by atoms with Crippen molar-refractivity contribution in [2.45, 2.75) is 179 Å². The van der Waals surface area contributed by atoms with E-state index in [0.717, 1.165) is 96.3 Å². The minimum Gasteiger partial charge on any atom is -0.199 e. The topological polar surface area (TPSA) is 0 Å². The third-order valence-electron chi connectivity index (χ3n) is 8.86. The number of rotatable bonds is 28. The lowest BCUT2D eigenvalue weighted by molar-refractivity contribution is -0.439. The third-order valence-corrected chi connectivity index (χ3v) is 13.8. The standard InChI is InChI=1S/C32H55F13P/c1-4-7-10-13-16-19-23-46(24-20-17-14-11-8-5-2,25-21-18-15-12-9-6-3)26-22-27(33,34)28(35,36)29(37,38)30(39,40)31(41,42)32(43,44)45/h4-26H2,1-3H3/q+1. The summed E-state index contributed by atoms with van der Waals surface area (Å²) in [4.78, 5) is 0. The van der Waals surface area contributed by atoms with E-state index in [-0.39, 0.29) is 0 Å². The first-order chi connectivity index (χ1) is 21.1. The van der Waals surface area contributed by atoms with Crippen molar-refractivity contribution in [3.63, 3.8) is 0 Å². The smallest absolute Gasteiger partial charge is 0.199 e. The molecular formula is C32H55F13P+. The first kappa shape index (κ1) is 45.5. The van der Waals surface area contributed by atoms with Gasteiger partial charge in [-0.05, 0) is 38.5 Å². The molecule has 0 nitrogen and oxygen atoms in total. The van der Waals surface area contributed by atoms with Gasteiger partial charge in [0.1, 0.15) is 0 Å². The molecule has 0 bridgehead atoms. The predicted molar refractivity (Wildman–Crippen MR) is 162 cm³/mol. The molecule has 0 radical (unpaired) electrons. The van der Waals surface area contributed by atoms with E-state index in [4.69, 9.17) is 0 Å². The molecule has 0 saturated heterocycles. The molecule has 0 N–H and O–H groups in total. The zero-order valence-electron chi connectivity index (χ0n) is 27.6. The monoisotopic (exact) mass is 717 g/mol. The quantitative estimate of drug-likeness (QED) is 0.0429. The van der Waals surface area contributed by atoms with Crippen LogP contribution in [0.4, 0.5) is 57.1 Å². The van der Waals surface area contributed by atoms with Gasteiger partial charge in [0.05, 0.1) is 31.1 Å². The molecular weight excluding hydrogens is 662 g/mol. The molecule has 0 spiro atoms. The van der Waals surface area contributed by atoms with E-state index in [1.165, 1.54) is 0 Å². The molecule has 0 aliphatic rings. The van der Waals surface area contributed by atoms with E-state index in [2.05, 4.69) is 0 Å². The minimum absolute atomic E-state index is 0.406. The molecule has 278 valence electrons. The lowest BCUT2D eigenvalue weighted by atomic mass is 9.93. The SMILES string of the molecule is CCCCCCCC[P+](CCCCCCCC)(CCCCCCCC)CCC(F)(F)C(F)(F)C(F)(F)C(F)(F)C(F)(F)C(F)(F)F. The van der Waals surface area contributed by atoms with Crippen LogP contribution in [-0.2, 0) is 0 Å². The molecule has 0 aromatic rings. The van der Waals surface area contributed by atoms with Crippen LogP contribution in [0.2, 0.25) is 0 Å². The minimum atomic E-state index is -7.84. The summed E-state index contributed by atoms with van der Waals surface area (Å²) in [5.74, 6) is -36.4. The number of alkyl halides is 13. The molecule has 0 aromatic heterocycles. The molecule has 0 unspecified atom stereocenters. The Morgan fingerprint density at radius 2 is 0.609 bits per heavy atom. The van der Waals surface area contributed by atoms with Crippen molar-refractivity contribution < 1.29 is 57.1 Å². The average molecular weight is 718 g/mol. The van der Waals surface area contributed by atoms with Gasteiger partial charge in [0.25, 0.3) is 0 Å². The van der Waals surface area contributed by atoms with Gasteiger partial charge in [0.15, 0.2) is 0 Å². The second-order valence-corrected chi connectivity index (χ2v) is 17.3. The molecule has 46 heavy (non-hydrogen) atoms. The summed E-state index contributed by atoms with van der Waals surface area (Å²) in [6, 6.07) is 0. The largest absolute Gasteiger partial charge is 0.460 e. The normalized spacial score (nSPS) is 14.3. The maximum atomic E-state index is 15.0. The Kier molecular flexibility index (Phi) is 20.0. The second-order valence-electron chi connectivity index (χ2n) is 12.8. The summed E-state index contributed by atoms with van der Waals surface area (Å²) in [6.45, 7) is 6.07. The molecule has 0 heterocycles. The van der Waals surface area contributed by atoms with Crippen LogP contribution in [0.25, 0.3) is 0 Å². The van der Waals surface area contributed by atoms with E-state index in [9.17, 15) is 57.1 Å². The molecule has 0 fully saturated rings. The summed E-state index contributed by atoms with van der Waals surface area (Å²) in [5, 5.41) is 0. The maximum absolute atomic E-state index is 15.0. The van der Waals surface area contributed by atoms with Gasteiger partial charge in [-0.15, -0.1) is 0 Å². The second kappa shape index (κ2) is 20.3. The van der Waals surface area contributed by atoms with Crippen molar-refractivity contribution in [3.8, 4) is 0 Å². The van der Waals surface area contributed by atoms with Gasteiger partial charge in [-0.25, -0.2) is 0 Å². The number of hydrogen-bond acceptors (Lipinski definition) is 0. The van der Waals surface area contributed by atoms with Crippen LogP contribution < -0.4 is 0 Å². The highest BCUT2D eigenvalue weighted by atomic mass is 31.2. The summed E-state index contributed by atoms with van der Waals surface area (Å²) < 4.78 is 179. The number of hydrogen-bond donors (Lipinski definition) is 0. The number of halogens is 13. The van der Waals surface area contributed by atoms with Crippen LogP contribution in [-0.4, -0.2) is 60.4 Å². The van der Waals surface area contributed by atoms with E-state index in [0.29, 0.717) is 37.7 Å². The van der Waals surface area contributed by atoms with E-state index >= 15 is 0 Å². The molecule has 0 aliphatic heterocycles. The summed E-state index contributed by atoms with van der Waals surface area (Å²) in [6.07, 6.45) is 6.36. The highest BCUT2D eigenvalue weighted by molar-refractivity contribution is 7.75. The molecule has 0 amide bonds. The maximum Gasteiger partial charge on any atom is 0.460 e. The third kappa shape index (κ3) is 12.8. The summed E-state index contributed by atoms with van der Waals surface area (Å²) in [7, 11) is -2.55. The first-order valence-corrected chi connectivity index (χ1v) is 19.5. The molecule has 0 saturated carbocycles. The Morgan fingerprint density at radius 1 is 0.326 bits per heavy atom. The summed E-state index contributed by atoms with van der Waals surface area (Å²) in [5.41, 5.74) is 0. The molecule has 0 atom stereocenters. The Hall–Kier alpha value is -0.480. The Bertz CT molecular complexity index is 757. The lowest BCUT2D eigenvalue weighted by Crippen LogP contribution is -2.70. The van der Waals surface area contributed by atoms with E-state index < -0.39 is 55.6 Å². The van der Waals surface area contributed by atoms with Gasteiger partial charge in [-0.2, -0.15) is 57.1 Å². The highest BCUT2D eigenvalue weighted by Gasteiger charge is 2.90. The van der Waals surface area contributed by atoms with Crippen molar-refractivity contribution in [3.05, 3.63) is 0 Å². The van der Waals surface area contributed by atoms with Crippen LogP contribution >= 0.6 is 7.26 Å². The van der Waals surface area contributed by atoms with E-state index in [1.807, 2.05) is 20.8 Å². The van der Waals surface area contributed by atoms with Crippen LogP contribution in [0.1, 0.15) is 143 Å².